The summed E-state index contributed by atoms with van der Waals surface area (Å²) in [4.78, 5) is 4.60. The molecule has 0 aliphatic rings. The molecule has 5 nitrogen and oxygen atoms in total. The molecular formula is C18H31N3O2. The van der Waals surface area contributed by atoms with Crippen LogP contribution in [0.2, 0.25) is 0 Å². The van der Waals surface area contributed by atoms with E-state index in [4.69, 9.17) is 9.47 Å². The van der Waals surface area contributed by atoms with Crippen LogP contribution in [0.15, 0.2) is 29.3 Å². The summed E-state index contributed by atoms with van der Waals surface area (Å²) in [5, 5.41) is 6.55. The number of nitrogens with one attached hydrogen (secondary N) is 2. The molecule has 0 radical (unpaired) electrons. The topological polar surface area (TPSA) is 54.9 Å². The molecule has 2 N–H and O–H groups in total. The maximum Gasteiger partial charge on any atom is 0.191 e. The number of rotatable bonds is 10. The molecule has 0 aliphatic heterocycles. The minimum absolute atomic E-state index is 0.533. The van der Waals surface area contributed by atoms with Crippen molar-refractivity contribution >= 4 is 5.96 Å². The van der Waals surface area contributed by atoms with E-state index < -0.39 is 0 Å². The number of hydrogen-bond acceptors (Lipinski definition) is 3. The summed E-state index contributed by atoms with van der Waals surface area (Å²) in [7, 11) is 1.72. The van der Waals surface area contributed by atoms with Crippen molar-refractivity contribution in [2.75, 3.05) is 33.4 Å². The average Bonchev–Trinajstić information content (AvgIpc) is 2.55. The van der Waals surface area contributed by atoms with Crippen molar-refractivity contribution < 1.29 is 9.47 Å². The summed E-state index contributed by atoms with van der Waals surface area (Å²) in [6.45, 7) is 10.2. The molecule has 0 spiro atoms. The normalized spacial score (nSPS) is 11.6. The van der Waals surface area contributed by atoms with Gasteiger partial charge in [0, 0.05) is 26.8 Å². The molecule has 0 unspecified atom stereocenters. The van der Waals surface area contributed by atoms with E-state index in [1.165, 1.54) is 0 Å². The van der Waals surface area contributed by atoms with Crippen LogP contribution in [0.5, 0.6) is 5.75 Å². The largest absolute Gasteiger partial charge is 0.493 e. The highest BCUT2D eigenvalue weighted by molar-refractivity contribution is 5.79. The van der Waals surface area contributed by atoms with Gasteiger partial charge in [0.25, 0.3) is 0 Å². The highest BCUT2D eigenvalue weighted by Crippen LogP contribution is 2.13. The van der Waals surface area contributed by atoms with Crippen molar-refractivity contribution in [1.29, 1.82) is 0 Å². The number of aliphatic imine (C=N–C) groups is 1. The summed E-state index contributed by atoms with van der Waals surface area (Å²) in [5.74, 6) is 2.28. The van der Waals surface area contributed by atoms with E-state index in [2.05, 4.69) is 48.5 Å². The smallest absolute Gasteiger partial charge is 0.191 e. The van der Waals surface area contributed by atoms with Gasteiger partial charge in [-0.25, -0.2) is 4.99 Å². The number of nitrogens with zero attached hydrogens (tertiary/aromatic N) is 1. The van der Waals surface area contributed by atoms with Gasteiger partial charge >= 0.3 is 0 Å². The number of benzene rings is 1. The fourth-order valence-electron chi connectivity index (χ4n) is 1.89. The lowest BCUT2D eigenvalue weighted by Crippen LogP contribution is -2.38. The summed E-state index contributed by atoms with van der Waals surface area (Å²) in [6.07, 6.45) is 0.961. The van der Waals surface area contributed by atoms with Crippen LogP contribution in [0.1, 0.15) is 32.8 Å². The molecule has 0 atom stereocenters. The molecule has 0 aromatic heterocycles. The first-order chi connectivity index (χ1) is 11.2. The van der Waals surface area contributed by atoms with Crippen LogP contribution in [0, 0.1) is 5.92 Å². The fourth-order valence-corrected chi connectivity index (χ4v) is 1.89. The van der Waals surface area contributed by atoms with Gasteiger partial charge in [-0.3, -0.25) is 0 Å². The van der Waals surface area contributed by atoms with Crippen LogP contribution < -0.4 is 15.4 Å². The predicted molar refractivity (Wildman–Crippen MR) is 96.1 cm³/mol. The Labute approximate surface area is 140 Å². The molecule has 0 aliphatic carbocycles. The molecule has 23 heavy (non-hydrogen) atoms. The zero-order chi connectivity index (χ0) is 16.9. The minimum Gasteiger partial charge on any atom is -0.493 e. The van der Waals surface area contributed by atoms with E-state index in [1.807, 2.05) is 12.1 Å². The van der Waals surface area contributed by atoms with Gasteiger partial charge in [-0.1, -0.05) is 26.0 Å². The maximum atomic E-state index is 5.69. The molecule has 0 saturated carbocycles. The van der Waals surface area contributed by atoms with Gasteiger partial charge in [-0.05, 0) is 37.0 Å². The van der Waals surface area contributed by atoms with Gasteiger partial charge in [-0.2, -0.15) is 0 Å². The first-order valence-corrected chi connectivity index (χ1v) is 8.38. The molecule has 5 heteroatoms. The monoisotopic (exact) mass is 321 g/mol. The lowest BCUT2D eigenvalue weighted by atomic mass is 10.2. The second kappa shape index (κ2) is 11.8. The van der Waals surface area contributed by atoms with Gasteiger partial charge in [0.05, 0.1) is 13.2 Å². The summed E-state index contributed by atoms with van der Waals surface area (Å²) < 4.78 is 10.7. The first-order valence-electron chi connectivity index (χ1n) is 8.38. The lowest BCUT2D eigenvalue weighted by Gasteiger charge is -2.11. The highest BCUT2D eigenvalue weighted by atomic mass is 16.5. The quantitative estimate of drug-likeness (QED) is 0.395. The molecule has 1 rings (SSSR count). The molecule has 0 amide bonds. The standard InChI is InChI=1S/C18H31N3O2/c1-5-19-18(20-11-6-12-22-4)21-13-16-7-9-17(10-8-16)23-14-15(2)3/h7-10,15H,5-6,11-14H2,1-4H3,(H2,19,20,21). The Hall–Kier alpha value is -1.75. The third kappa shape index (κ3) is 9.08. The van der Waals surface area contributed by atoms with Crippen LogP contribution in [0.25, 0.3) is 0 Å². The predicted octanol–water partition coefficient (Wildman–Crippen LogP) is 2.81. The summed E-state index contributed by atoms with van der Waals surface area (Å²) in [6, 6.07) is 8.14. The number of hydrogen-bond donors (Lipinski definition) is 2. The van der Waals surface area contributed by atoms with Gasteiger partial charge < -0.3 is 20.1 Å². The van der Waals surface area contributed by atoms with E-state index in [-0.39, 0.29) is 0 Å². The average molecular weight is 321 g/mol. The van der Waals surface area contributed by atoms with Crippen LogP contribution in [-0.4, -0.2) is 39.4 Å². The Balaban J connectivity index is 2.47. The minimum atomic E-state index is 0.533. The Morgan fingerprint density at radius 1 is 1.17 bits per heavy atom. The SMILES string of the molecule is CCNC(=NCc1ccc(OCC(C)C)cc1)NCCCOC. The molecule has 1 aromatic carbocycles. The van der Waals surface area contributed by atoms with E-state index in [0.29, 0.717) is 12.5 Å². The van der Waals surface area contributed by atoms with Crippen molar-refractivity contribution in [3.05, 3.63) is 29.8 Å². The van der Waals surface area contributed by atoms with E-state index in [9.17, 15) is 0 Å². The number of methoxy groups -OCH3 is 1. The van der Waals surface area contributed by atoms with Gasteiger partial charge in [0.15, 0.2) is 5.96 Å². The zero-order valence-electron chi connectivity index (χ0n) is 14.9. The Bertz CT molecular complexity index is 444. The summed E-state index contributed by atoms with van der Waals surface area (Å²) >= 11 is 0. The van der Waals surface area contributed by atoms with Crippen molar-refractivity contribution in [2.45, 2.75) is 33.7 Å². The molecule has 0 saturated heterocycles. The van der Waals surface area contributed by atoms with Crippen LogP contribution >= 0.6 is 0 Å². The molecule has 0 fully saturated rings. The molecule has 0 heterocycles. The second-order valence-electron chi connectivity index (χ2n) is 5.82. The maximum absolute atomic E-state index is 5.69. The van der Waals surface area contributed by atoms with Crippen LogP contribution in [-0.2, 0) is 11.3 Å². The van der Waals surface area contributed by atoms with Crippen molar-refractivity contribution in [2.24, 2.45) is 10.9 Å². The summed E-state index contributed by atoms with van der Waals surface area (Å²) in [5.41, 5.74) is 1.16. The van der Waals surface area contributed by atoms with Crippen molar-refractivity contribution in [3.8, 4) is 5.75 Å². The molecule has 0 bridgehead atoms. The Morgan fingerprint density at radius 3 is 2.52 bits per heavy atom. The van der Waals surface area contributed by atoms with Crippen LogP contribution in [0.4, 0.5) is 0 Å². The molecule has 130 valence electrons. The fraction of sp³-hybridized carbons (Fsp3) is 0.611. The number of ether oxygens (including phenoxy) is 2. The van der Waals surface area contributed by atoms with E-state index in [0.717, 1.165) is 50.0 Å². The van der Waals surface area contributed by atoms with Gasteiger partial charge in [0.2, 0.25) is 0 Å². The zero-order valence-corrected chi connectivity index (χ0v) is 14.9. The molecule has 1 aromatic rings. The van der Waals surface area contributed by atoms with Gasteiger partial charge in [0.1, 0.15) is 5.75 Å². The lowest BCUT2D eigenvalue weighted by molar-refractivity contribution is 0.195. The Kier molecular flexibility index (Phi) is 9.87. The highest BCUT2D eigenvalue weighted by Gasteiger charge is 2.00. The Morgan fingerprint density at radius 2 is 1.91 bits per heavy atom. The third-order valence-corrected chi connectivity index (χ3v) is 3.09. The third-order valence-electron chi connectivity index (χ3n) is 3.09. The first kappa shape index (κ1) is 19.3. The number of guanidine groups is 1. The van der Waals surface area contributed by atoms with E-state index >= 15 is 0 Å². The van der Waals surface area contributed by atoms with Crippen molar-refractivity contribution in [1.82, 2.24) is 10.6 Å². The van der Waals surface area contributed by atoms with Crippen molar-refractivity contribution in [3.63, 3.8) is 0 Å². The molecular weight excluding hydrogens is 290 g/mol. The van der Waals surface area contributed by atoms with Gasteiger partial charge in [-0.15, -0.1) is 0 Å². The van der Waals surface area contributed by atoms with Crippen LogP contribution in [0.3, 0.4) is 0 Å². The van der Waals surface area contributed by atoms with E-state index in [1.54, 1.807) is 7.11 Å². The second-order valence-corrected chi connectivity index (χ2v) is 5.82.